The fraction of sp³-hybridized carbons (Fsp3) is 1.00. The molecule has 0 aromatic carbocycles. The molecular formula is C9H22N2. The second-order valence-electron chi connectivity index (χ2n) is 3.51. The van der Waals surface area contributed by atoms with E-state index < -0.39 is 0 Å². The summed E-state index contributed by atoms with van der Waals surface area (Å²) in [5.74, 6) is 0. The molecule has 0 rings (SSSR count). The van der Waals surface area contributed by atoms with E-state index in [0.29, 0.717) is 6.04 Å². The molecule has 2 heteroatoms. The van der Waals surface area contributed by atoms with Gasteiger partial charge in [0.15, 0.2) is 0 Å². The van der Waals surface area contributed by atoms with Gasteiger partial charge in [-0.05, 0) is 47.6 Å². The van der Waals surface area contributed by atoms with Crippen molar-refractivity contribution < 1.29 is 0 Å². The Labute approximate surface area is 71.2 Å². The summed E-state index contributed by atoms with van der Waals surface area (Å²) in [4.78, 5) is 4.61. The second-order valence-corrected chi connectivity index (χ2v) is 3.51. The van der Waals surface area contributed by atoms with E-state index in [1.807, 2.05) is 0 Å². The Bertz CT molecular complexity index is 91.6. The predicted octanol–water partition coefficient (Wildman–Crippen LogP) is 1.28. The van der Waals surface area contributed by atoms with Crippen molar-refractivity contribution in [2.45, 2.75) is 26.3 Å². The highest BCUT2D eigenvalue weighted by Gasteiger charge is 2.06. The fourth-order valence-electron chi connectivity index (χ4n) is 0.977. The smallest absolute Gasteiger partial charge is 0.00759 e. The molecule has 1 unspecified atom stereocenters. The summed E-state index contributed by atoms with van der Waals surface area (Å²) in [6.07, 6.45) is 1.26. The monoisotopic (exact) mass is 158 g/mol. The molecular weight excluding hydrogens is 136 g/mol. The van der Waals surface area contributed by atoms with E-state index >= 15 is 0 Å². The lowest BCUT2D eigenvalue weighted by Crippen LogP contribution is -2.31. The average Bonchev–Trinajstić information content (AvgIpc) is 1.98. The third-order valence-electron chi connectivity index (χ3n) is 2.25. The van der Waals surface area contributed by atoms with Gasteiger partial charge in [0.2, 0.25) is 0 Å². The third kappa shape index (κ3) is 5.22. The van der Waals surface area contributed by atoms with Gasteiger partial charge in [-0.25, -0.2) is 0 Å². The summed E-state index contributed by atoms with van der Waals surface area (Å²) in [6, 6.07) is 0.711. The highest BCUT2D eigenvalue weighted by atomic mass is 15.1. The van der Waals surface area contributed by atoms with Crippen molar-refractivity contribution in [3.63, 3.8) is 0 Å². The van der Waals surface area contributed by atoms with Gasteiger partial charge in [0.1, 0.15) is 0 Å². The number of nitrogens with zero attached hydrogens (tertiary/aromatic N) is 2. The molecule has 0 aliphatic heterocycles. The molecule has 68 valence electrons. The summed E-state index contributed by atoms with van der Waals surface area (Å²) in [6.45, 7) is 6.82. The Balaban J connectivity index is 3.43. The first-order valence-electron chi connectivity index (χ1n) is 4.43. The molecule has 0 saturated heterocycles. The van der Waals surface area contributed by atoms with Gasteiger partial charge in [-0.2, -0.15) is 0 Å². The molecule has 0 fully saturated rings. The van der Waals surface area contributed by atoms with Crippen LogP contribution in [-0.2, 0) is 0 Å². The number of rotatable bonds is 5. The van der Waals surface area contributed by atoms with E-state index in [-0.39, 0.29) is 0 Å². The number of hydrogen-bond acceptors (Lipinski definition) is 2. The van der Waals surface area contributed by atoms with Crippen LogP contribution in [0, 0.1) is 0 Å². The van der Waals surface area contributed by atoms with Crippen molar-refractivity contribution in [3.8, 4) is 0 Å². The zero-order chi connectivity index (χ0) is 8.85. The Morgan fingerprint density at radius 3 is 2.09 bits per heavy atom. The van der Waals surface area contributed by atoms with E-state index in [4.69, 9.17) is 0 Å². The summed E-state index contributed by atoms with van der Waals surface area (Å²) in [7, 11) is 6.43. The van der Waals surface area contributed by atoms with Crippen molar-refractivity contribution in [2.75, 3.05) is 34.2 Å². The first-order valence-corrected chi connectivity index (χ1v) is 4.43. The van der Waals surface area contributed by atoms with Crippen LogP contribution in [0.5, 0.6) is 0 Å². The molecule has 0 radical (unpaired) electrons. The van der Waals surface area contributed by atoms with E-state index in [2.05, 4.69) is 44.8 Å². The molecule has 0 spiro atoms. The highest BCUT2D eigenvalue weighted by Crippen LogP contribution is 2.00. The molecule has 0 saturated carbocycles. The lowest BCUT2D eigenvalue weighted by Gasteiger charge is -2.24. The Kier molecular flexibility index (Phi) is 5.51. The fourth-order valence-corrected chi connectivity index (χ4v) is 0.977. The van der Waals surface area contributed by atoms with Gasteiger partial charge in [0.05, 0.1) is 0 Å². The van der Waals surface area contributed by atoms with Crippen LogP contribution >= 0.6 is 0 Å². The van der Waals surface area contributed by atoms with E-state index in [9.17, 15) is 0 Å². The molecule has 1 atom stereocenters. The minimum Gasteiger partial charge on any atom is -0.309 e. The maximum absolute atomic E-state index is 2.38. The van der Waals surface area contributed by atoms with Crippen LogP contribution in [0.15, 0.2) is 0 Å². The Morgan fingerprint density at radius 2 is 1.73 bits per heavy atom. The summed E-state index contributed by atoms with van der Waals surface area (Å²) in [5, 5.41) is 0. The molecule has 0 aliphatic rings. The summed E-state index contributed by atoms with van der Waals surface area (Å²) < 4.78 is 0. The SMILES string of the molecule is CCN(C)C(C)CCN(C)C. The van der Waals surface area contributed by atoms with Gasteiger partial charge in [0, 0.05) is 6.04 Å². The van der Waals surface area contributed by atoms with Crippen molar-refractivity contribution in [2.24, 2.45) is 0 Å². The normalized spacial score (nSPS) is 14.5. The molecule has 0 N–H and O–H groups in total. The highest BCUT2D eigenvalue weighted by molar-refractivity contribution is 4.62. The second kappa shape index (κ2) is 5.56. The molecule has 0 aromatic rings. The van der Waals surface area contributed by atoms with Crippen LogP contribution < -0.4 is 0 Å². The molecule has 0 aromatic heterocycles. The average molecular weight is 158 g/mol. The van der Waals surface area contributed by atoms with Gasteiger partial charge in [-0.15, -0.1) is 0 Å². The topological polar surface area (TPSA) is 6.48 Å². The van der Waals surface area contributed by atoms with Crippen LogP contribution in [0.1, 0.15) is 20.3 Å². The minimum atomic E-state index is 0.711. The molecule has 2 nitrogen and oxygen atoms in total. The molecule has 0 aliphatic carbocycles. The van der Waals surface area contributed by atoms with E-state index in [0.717, 1.165) is 6.54 Å². The lowest BCUT2D eigenvalue weighted by atomic mass is 10.2. The lowest BCUT2D eigenvalue weighted by molar-refractivity contribution is 0.237. The Hall–Kier alpha value is -0.0800. The quantitative estimate of drug-likeness (QED) is 0.594. The van der Waals surface area contributed by atoms with Crippen LogP contribution in [-0.4, -0.2) is 50.1 Å². The van der Waals surface area contributed by atoms with Crippen molar-refractivity contribution >= 4 is 0 Å². The van der Waals surface area contributed by atoms with Crippen LogP contribution in [0.25, 0.3) is 0 Å². The molecule has 0 amide bonds. The maximum atomic E-state index is 2.38. The maximum Gasteiger partial charge on any atom is 0.00759 e. The first-order chi connectivity index (χ1) is 5.07. The first kappa shape index (κ1) is 10.9. The minimum absolute atomic E-state index is 0.711. The van der Waals surface area contributed by atoms with Gasteiger partial charge in [-0.3, -0.25) is 0 Å². The van der Waals surface area contributed by atoms with Gasteiger partial charge < -0.3 is 9.80 Å². The largest absolute Gasteiger partial charge is 0.309 e. The van der Waals surface area contributed by atoms with Crippen LogP contribution in [0.4, 0.5) is 0 Å². The summed E-state index contributed by atoms with van der Waals surface area (Å²) >= 11 is 0. The standard InChI is InChI=1S/C9H22N2/c1-6-11(5)9(2)7-8-10(3)4/h9H,6-8H2,1-5H3. The van der Waals surface area contributed by atoms with E-state index in [1.54, 1.807) is 0 Å². The van der Waals surface area contributed by atoms with Gasteiger partial charge in [0.25, 0.3) is 0 Å². The predicted molar refractivity (Wildman–Crippen MR) is 50.9 cm³/mol. The Morgan fingerprint density at radius 1 is 1.18 bits per heavy atom. The van der Waals surface area contributed by atoms with Gasteiger partial charge >= 0.3 is 0 Å². The van der Waals surface area contributed by atoms with Gasteiger partial charge in [-0.1, -0.05) is 6.92 Å². The van der Waals surface area contributed by atoms with E-state index in [1.165, 1.54) is 13.0 Å². The zero-order valence-electron chi connectivity index (χ0n) is 8.59. The zero-order valence-corrected chi connectivity index (χ0v) is 8.59. The summed E-state index contributed by atoms with van der Waals surface area (Å²) in [5.41, 5.74) is 0. The third-order valence-corrected chi connectivity index (χ3v) is 2.25. The molecule has 11 heavy (non-hydrogen) atoms. The number of hydrogen-bond donors (Lipinski definition) is 0. The van der Waals surface area contributed by atoms with Crippen molar-refractivity contribution in [1.29, 1.82) is 0 Å². The molecule has 0 heterocycles. The molecule has 0 bridgehead atoms. The van der Waals surface area contributed by atoms with Crippen LogP contribution in [0.2, 0.25) is 0 Å². The van der Waals surface area contributed by atoms with Crippen molar-refractivity contribution in [1.82, 2.24) is 9.80 Å². The van der Waals surface area contributed by atoms with Crippen molar-refractivity contribution in [3.05, 3.63) is 0 Å². The van der Waals surface area contributed by atoms with Crippen LogP contribution in [0.3, 0.4) is 0 Å².